The molecule has 1 N–H and O–H groups in total. The van der Waals surface area contributed by atoms with Gasteiger partial charge in [-0.2, -0.15) is 0 Å². The molecule has 0 radical (unpaired) electrons. The summed E-state index contributed by atoms with van der Waals surface area (Å²) < 4.78 is 44.1. The maximum atomic E-state index is 13.9. The van der Waals surface area contributed by atoms with Gasteiger partial charge in [0, 0.05) is 78.5 Å². The van der Waals surface area contributed by atoms with E-state index in [0.29, 0.717) is 70.9 Å². The second kappa shape index (κ2) is 16.1. The monoisotopic (exact) mass is 800 g/mol. The predicted octanol–water partition coefficient (Wildman–Crippen LogP) is 9.95. The molecule has 6 aromatic rings. The Hall–Kier alpha value is -5.14. The van der Waals surface area contributed by atoms with Crippen molar-refractivity contribution in [3.8, 4) is 33.4 Å². The zero-order chi connectivity index (χ0) is 39.7. The first-order chi connectivity index (χ1) is 27.1. The van der Waals surface area contributed by atoms with E-state index in [9.17, 15) is 13.6 Å². The number of fused-ring (bicyclic) bond motifs is 4. The molecule has 9 rings (SSSR count). The van der Waals surface area contributed by atoms with Crippen LogP contribution in [0.3, 0.4) is 0 Å². The standard InChI is InChI=1S/C30H27ClN6O3S.C10H10F2O.C2H6/c1-4-9-37-13-21-25(30(37)38)26(23-11-16-7-8-33-28(32-3)27(16)41-23)24(29-36-35-15(2)40-29)20(34-21)10-17-14-39-22-12-18(31)5-6-19(17)22;1-13-9-4-2-3-7-5-10(11,12)6-8(7)9;1-2/h5-8,11-12,17H,4,9-10,13-14H2,1-3H3,(H,32,33);2-4H,5-6H2,1H3;1-2H3. The van der Waals surface area contributed by atoms with E-state index in [1.54, 1.807) is 42.7 Å². The Kier molecular flexibility index (Phi) is 11.3. The fourth-order valence-electron chi connectivity index (χ4n) is 7.60. The van der Waals surface area contributed by atoms with Gasteiger partial charge in [0.1, 0.15) is 17.3 Å². The highest BCUT2D eigenvalue weighted by molar-refractivity contribution is 7.23. The molecule has 4 aromatic heterocycles. The molecule has 0 fully saturated rings. The summed E-state index contributed by atoms with van der Waals surface area (Å²) in [4.78, 5) is 26.4. The zero-order valence-electron chi connectivity index (χ0n) is 32.1. The first-order valence-corrected chi connectivity index (χ1v) is 19.9. The molecule has 56 heavy (non-hydrogen) atoms. The number of alkyl halides is 2. The first-order valence-electron chi connectivity index (χ1n) is 18.7. The number of halogens is 3. The summed E-state index contributed by atoms with van der Waals surface area (Å²) in [6, 6.07) is 15.1. The van der Waals surface area contributed by atoms with Crippen LogP contribution < -0.4 is 14.8 Å². The molecule has 292 valence electrons. The van der Waals surface area contributed by atoms with Gasteiger partial charge in [0.05, 0.1) is 47.5 Å². The second-order valence-corrected chi connectivity index (χ2v) is 15.1. The molecule has 2 aliphatic heterocycles. The zero-order valence-corrected chi connectivity index (χ0v) is 33.7. The van der Waals surface area contributed by atoms with Crippen LogP contribution in [0.15, 0.2) is 59.1 Å². The third-order valence-corrected chi connectivity index (χ3v) is 11.4. The van der Waals surface area contributed by atoms with Crippen molar-refractivity contribution in [2.45, 2.75) is 71.8 Å². The normalized spacial score (nSPS) is 16.0. The number of aromatic nitrogens is 4. The fourth-order valence-corrected chi connectivity index (χ4v) is 8.97. The molecule has 0 spiro atoms. The lowest BCUT2D eigenvalue weighted by Crippen LogP contribution is -2.24. The molecule has 1 amide bonds. The van der Waals surface area contributed by atoms with Gasteiger partial charge in [0.15, 0.2) is 0 Å². The molecule has 0 saturated heterocycles. The van der Waals surface area contributed by atoms with Crippen molar-refractivity contribution in [2.24, 2.45) is 0 Å². The van der Waals surface area contributed by atoms with E-state index >= 15 is 0 Å². The number of nitrogens with zero attached hydrogens (tertiary/aromatic N) is 5. The summed E-state index contributed by atoms with van der Waals surface area (Å²) in [5, 5.41) is 13.4. The number of hydrogen-bond donors (Lipinski definition) is 1. The number of benzene rings is 2. The lowest BCUT2D eigenvalue weighted by atomic mass is 9.90. The Bertz CT molecular complexity index is 2420. The Labute approximate surface area is 333 Å². The highest BCUT2D eigenvalue weighted by atomic mass is 35.5. The van der Waals surface area contributed by atoms with Crippen molar-refractivity contribution >= 4 is 44.7 Å². The van der Waals surface area contributed by atoms with Crippen molar-refractivity contribution in [1.82, 2.24) is 25.1 Å². The fraction of sp³-hybridized carbons (Fsp3) is 0.357. The quantitative estimate of drug-likeness (QED) is 0.161. The molecule has 0 saturated carbocycles. The molecule has 1 aliphatic carbocycles. The summed E-state index contributed by atoms with van der Waals surface area (Å²) >= 11 is 7.82. The summed E-state index contributed by atoms with van der Waals surface area (Å²) in [6.45, 7) is 9.47. The Morgan fingerprint density at radius 1 is 1.09 bits per heavy atom. The number of rotatable bonds is 8. The van der Waals surface area contributed by atoms with Crippen LogP contribution in [0.1, 0.15) is 77.4 Å². The Morgan fingerprint density at radius 2 is 1.91 bits per heavy atom. The number of hydrogen-bond acceptors (Lipinski definition) is 10. The van der Waals surface area contributed by atoms with E-state index in [2.05, 4.69) is 33.5 Å². The smallest absolute Gasteiger partial charge is 0.256 e. The number of thiophene rings is 1. The van der Waals surface area contributed by atoms with Crippen LogP contribution in [0.2, 0.25) is 5.02 Å². The van der Waals surface area contributed by atoms with Gasteiger partial charge in [0.25, 0.3) is 11.8 Å². The van der Waals surface area contributed by atoms with Crippen LogP contribution >= 0.6 is 22.9 Å². The highest BCUT2D eigenvalue weighted by Gasteiger charge is 2.39. The Morgan fingerprint density at radius 3 is 2.64 bits per heavy atom. The summed E-state index contributed by atoms with van der Waals surface area (Å²) in [5.74, 6) is 0.392. The van der Waals surface area contributed by atoms with Gasteiger partial charge in [-0.3, -0.25) is 9.78 Å². The lowest BCUT2D eigenvalue weighted by molar-refractivity contribution is 0.0127. The minimum atomic E-state index is -2.59. The van der Waals surface area contributed by atoms with E-state index < -0.39 is 5.92 Å². The van der Waals surface area contributed by atoms with Gasteiger partial charge in [-0.25, -0.2) is 13.8 Å². The molecule has 6 heterocycles. The molecule has 10 nitrogen and oxygen atoms in total. The second-order valence-electron chi connectivity index (χ2n) is 13.6. The minimum Gasteiger partial charge on any atom is -0.496 e. The topological polar surface area (TPSA) is 116 Å². The van der Waals surface area contributed by atoms with Gasteiger partial charge < -0.3 is 24.1 Å². The maximum absolute atomic E-state index is 13.9. The predicted molar refractivity (Wildman–Crippen MR) is 216 cm³/mol. The lowest BCUT2D eigenvalue weighted by Gasteiger charge is -2.17. The summed E-state index contributed by atoms with van der Waals surface area (Å²) in [5.41, 5.74) is 6.12. The number of anilines is 1. The van der Waals surface area contributed by atoms with Crippen molar-refractivity contribution in [2.75, 3.05) is 32.6 Å². The highest BCUT2D eigenvalue weighted by Crippen LogP contribution is 2.48. The summed E-state index contributed by atoms with van der Waals surface area (Å²) in [6.07, 6.45) is 2.87. The van der Waals surface area contributed by atoms with Gasteiger partial charge in [-0.05, 0) is 47.7 Å². The largest absolute Gasteiger partial charge is 0.496 e. The number of pyridine rings is 2. The van der Waals surface area contributed by atoms with Crippen molar-refractivity contribution in [3.05, 3.63) is 99.3 Å². The van der Waals surface area contributed by atoms with E-state index in [4.69, 9.17) is 30.5 Å². The van der Waals surface area contributed by atoms with Crippen LogP contribution in [-0.4, -0.2) is 64.2 Å². The van der Waals surface area contributed by atoms with Crippen LogP contribution in [0, 0.1) is 6.92 Å². The number of carbonyl (C=O) groups is 1. The van der Waals surface area contributed by atoms with Gasteiger partial charge in [0.2, 0.25) is 11.8 Å². The first kappa shape index (κ1) is 39.1. The molecule has 2 aromatic carbocycles. The van der Waals surface area contributed by atoms with E-state index in [-0.39, 0.29) is 24.7 Å². The third-order valence-electron chi connectivity index (χ3n) is 9.97. The number of amides is 1. The Balaban J connectivity index is 0.000000270. The van der Waals surface area contributed by atoms with Crippen molar-refractivity contribution < 1.29 is 27.5 Å². The van der Waals surface area contributed by atoms with Gasteiger partial charge in [-0.1, -0.05) is 50.6 Å². The average Bonchev–Trinajstić information content (AvgIpc) is 4.02. The van der Waals surface area contributed by atoms with Crippen LogP contribution in [-0.2, 0) is 25.8 Å². The van der Waals surface area contributed by atoms with Crippen molar-refractivity contribution in [3.63, 3.8) is 0 Å². The van der Waals surface area contributed by atoms with Crippen LogP contribution in [0.4, 0.5) is 14.6 Å². The molecule has 0 bridgehead atoms. The molecule has 1 atom stereocenters. The van der Waals surface area contributed by atoms with Gasteiger partial charge in [-0.15, -0.1) is 21.5 Å². The van der Waals surface area contributed by atoms with Crippen LogP contribution in [0.5, 0.6) is 11.5 Å². The summed E-state index contributed by atoms with van der Waals surface area (Å²) in [7, 11) is 3.36. The number of nitrogens with one attached hydrogen (secondary N) is 1. The number of carbonyl (C=O) groups excluding carboxylic acids is 1. The average molecular weight is 801 g/mol. The molecular weight excluding hydrogens is 758 g/mol. The van der Waals surface area contributed by atoms with Crippen LogP contribution in [0.25, 0.3) is 32.0 Å². The molecule has 3 aliphatic rings. The molecular formula is C42H43ClF2N6O4S. The van der Waals surface area contributed by atoms with E-state index in [0.717, 1.165) is 55.5 Å². The molecule has 1 unspecified atom stereocenters. The third kappa shape index (κ3) is 7.41. The number of ether oxygens (including phenoxy) is 2. The van der Waals surface area contributed by atoms with E-state index in [1.807, 2.05) is 50.1 Å². The van der Waals surface area contributed by atoms with Gasteiger partial charge >= 0.3 is 0 Å². The van der Waals surface area contributed by atoms with Crippen molar-refractivity contribution in [1.29, 1.82) is 0 Å². The maximum Gasteiger partial charge on any atom is 0.256 e. The number of methoxy groups -OCH3 is 1. The number of aryl methyl sites for hydroxylation is 1. The molecule has 14 heteroatoms. The SMILES string of the molecule is CC.CCCN1Cc2nc(CC3COc4cc(Cl)ccc43)c(-c3nnc(C)o3)c(-c3cc4ccnc(NC)c4s3)c2C1=O.COc1cccc2c1CC(F)(F)C2. The van der Waals surface area contributed by atoms with E-state index in [1.165, 1.54) is 7.11 Å². The minimum absolute atomic E-state index is 0.0259.